The van der Waals surface area contributed by atoms with Crippen molar-refractivity contribution in [2.45, 2.75) is 12.5 Å². The first-order valence-electron chi connectivity index (χ1n) is 5.71. The van der Waals surface area contributed by atoms with Crippen molar-refractivity contribution < 1.29 is 4.39 Å². The van der Waals surface area contributed by atoms with Crippen molar-refractivity contribution in [3.05, 3.63) is 57.9 Å². The van der Waals surface area contributed by atoms with Gasteiger partial charge in [0.05, 0.1) is 6.04 Å². The Labute approximate surface area is 119 Å². The molecule has 0 saturated carbocycles. The molecule has 2 aromatic rings. The van der Waals surface area contributed by atoms with Crippen molar-refractivity contribution in [2.24, 2.45) is 5.84 Å². The second kappa shape index (κ2) is 6.10. The normalized spacial score (nSPS) is 12.4. The standard InChI is InChI=1S/C13H14BrFN4/c14-11-7-9(15)1-2-10(11)12(19-17)5-8-3-4-18-13(16)6-8/h1-4,6-7,12,19H,5,17H2,(H2,16,18). The van der Waals surface area contributed by atoms with E-state index in [9.17, 15) is 4.39 Å². The number of nitrogen functional groups attached to an aromatic ring is 1. The van der Waals surface area contributed by atoms with Gasteiger partial charge in [-0.05, 0) is 41.8 Å². The van der Waals surface area contributed by atoms with Gasteiger partial charge in [0.1, 0.15) is 11.6 Å². The van der Waals surface area contributed by atoms with Crippen molar-refractivity contribution in [2.75, 3.05) is 5.73 Å². The molecule has 19 heavy (non-hydrogen) atoms. The summed E-state index contributed by atoms with van der Waals surface area (Å²) in [5, 5.41) is 0. The van der Waals surface area contributed by atoms with Crippen molar-refractivity contribution in [3.8, 4) is 0 Å². The summed E-state index contributed by atoms with van der Waals surface area (Å²) >= 11 is 3.34. The van der Waals surface area contributed by atoms with Gasteiger partial charge >= 0.3 is 0 Å². The molecule has 1 aromatic carbocycles. The Morgan fingerprint density at radius 2 is 2.11 bits per heavy atom. The zero-order valence-electron chi connectivity index (χ0n) is 10.1. The van der Waals surface area contributed by atoms with Crippen LogP contribution in [0.25, 0.3) is 0 Å². The second-order valence-corrected chi connectivity index (χ2v) is 5.03. The summed E-state index contributed by atoms with van der Waals surface area (Å²) in [6, 6.07) is 8.05. The van der Waals surface area contributed by atoms with Gasteiger partial charge in [0.25, 0.3) is 0 Å². The van der Waals surface area contributed by atoms with E-state index >= 15 is 0 Å². The zero-order chi connectivity index (χ0) is 13.8. The van der Waals surface area contributed by atoms with E-state index in [2.05, 4.69) is 26.3 Å². The predicted molar refractivity (Wildman–Crippen MR) is 76.5 cm³/mol. The van der Waals surface area contributed by atoms with Gasteiger partial charge in [0.15, 0.2) is 0 Å². The number of nitrogens with two attached hydrogens (primary N) is 2. The zero-order valence-corrected chi connectivity index (χ0v) is 11.7. The summed E-state index contributed by atoms with van der Waals surface area (Å²) in [5.41, 5.74) is 10.3. The number of nitrogens with zero attached hydrogens (tertiary/aromatic N) is 1. The van der Waals surface area contributed by atoms with Crippen LogP contribution in [0.1, 0.15) is 17.2 Å². The van der Waals surface area contributed by atoms with Crippen LogP contribution in [0.4, 0.5) is 10.2 Å². The molecular weight excluding hydrogens is 311 g/mol. The SMILES string of the molecule is NNC(Cc1ccnc(N)c1)c1ccc(F)cc1Br. The smallest absolute Gasteiger partial charge is 0.124 e. The fraction of sp³-hybridized carbons (Fsp3) is 0.154. The highest BCUT2D eigenvalue weighted by Gasteiger charge is 2.14. The van der Waals surface area contributed by atoms with Crippen LogP contribution in [0.15, 0.2) is 41.0 Å². The quantitative estimate of drug-likeness (QED) is 0.595. The van der Waals surface area contributed by atoms with E-state index in [0.717, 1.165) is 11.1 Å². The summed E-state index contributed by atoms with van der Waals surface area (Å²) in [4.78, 5) is 3.94. The highest BCUT2D eigenvalue weighted by Crippen LogP contribution is 2.26. The van der Waals surface area contributed by atoms with Gasteiger partial charge in [-0.25, -0.2) is 9.37 Å². The maximum atomic E-state index is 13.1. The largest absolute Gasteiger partial charge is 0.384 e. The number of halogens is 2. The Morgan fingerprint density at radius 1 is 1.32 bits per heavy atom. The lowest BCUT2D eigenvalue weighted by atomic mass is 10.00. The number of benzene rings is 1. The average Bonchev–Trinajstić information content (AvgIpc) is 2.37. The van der Waals surface area contributed by atoms with E-state index in [1.165, 1.54) is 12.1 Å². The number of anilines is 1. The molecule has 0 saturated heterocycles. The van der Waals surface area contributed by atoms with Gasteiger partial charge < -0.3 is 5.73 Å². The van der Waals surface area contributed by atoms with E-state index in [1.54, 1.807) is 18.3 Å². The van der Waals surface area contributed by atoms with E-state index in [0.29, 0.717) is 16.7 Å². The Bertz CT molecular complexity index is 576. The van der Waals surface area contributed by atoms with Crippen LogP contribution in [0.5, 0.6) is 0 Å². The first kappa shape index (κ1) is 13.9. The average molecular weight is 325 g/mol. The van der Waals surface area contributed by atoms with E-state index in [-0.39, 0.29) is 11.9 Å². The fourth-order valence-corrected chi connectivity index (χ4v) is 2.53. The van der Waals surface area contributed by atoms with Crippen LogP contribution in [0.2, 0.25) is 0 Å². The number of hydrogen-bond donors (Lipinski definition) is 3. The summed E-state index contributed by atoms with van der Waals surface area (Å²) < 4.78 is 13.8. The Balaban J connectivity index is 2.25. The minimum absolute atomic E-state index is 0.142. The van der Waals surface area contributed by atoms with Gasteiger partial charge in [-0.3, -0.25) is 11.3 Å². The third-order valence-electron chi connectivity index (χ3n) is 2.82. The first-order chi connectivity index (χ1) is 9.10. The molecule has 1 heterocycles. The summed E-state index contributed by atoms with van der Waals surface area (Å²) in [6.45, 7) is 0. The molecule has 6 heteroatoms. The molecule has 2 rings (SSSR count). The highest BCUT2D eigenvalue weighted by molar-refractivity contribution is 9.10. The lowest BCUT2D eigenvalue weighted by Gasteiger charge is -2.18. The molecule has 100 valence electrons. The molecule has 0 bridgehead atoms. The molecule has 1 unspecified atom stereocenters. The number of aromatic nitrogens is 1. The van der Waals surface area contributed by atoms with Crippen molar-refractivity contribution in [1.82, 2.24) is 10.4 Å². The van der Waals surface area contributed by atoms with Gasteiger partial charge in [-0.15, -0.1) is 0 Å². The molecule has 0 amide bonds. The molecule has 0 radical (unpaired) electrons. The van der Waals surface area contributed by atoms with Crippen LogP contribution in [-0.4, -0.2) is 4.98 Å². The van der Waals surface area contributed by atoms with Crippen LogP contribution >= 0.6 is 15.9 Å². The third kappa shape index (κ3) is 3.50. The molecule has 0 aliphatic heterocycles. The van der Waals surface area contributed by atoms with Crippen LogP contribution in [0.3, 0.4) is 0 Å². The Kier molecular flexibility index (Phi) is 4.47. The van der Waals surface area contributed by atoms with Crippen molar-refractivity contribution >= 4 is 21.7 Å². The maximum absolute atomic E-state index is 13.1. The Morgan fingerprint density at radius 3 is 2.74 bits per heavy atom. The molecule has 0 spiro atoms. The molecule has 5 N–H and O–H groups in total. The molecule has 1 aromatic heterocycles. The van der Waals surface area contributed by atoms with E-state index in [4.69, 9.17) is 11.6 Å². The molecular formula is C13H14BrFN4. The van der Waals surface area contributed by atoms with Crippen LogP contribution < -0.4 is 17.0 Å². The van der Waals surface area contributed by atoms with Gasteiger partial charge in [-0.1, -0.05) is 22.0 Å². The third-order valence-corrected chi connectivity index (χ3v) is 3.51. The summed E-state index contributed by atoms with van der Waals surface area (Å²) in [7, 11) is 0. The number of rotatable bonds is 4. The van der Waals surface area contributed by atoms with Gasteiger partial charge in [0, 0.05) is 10.7 Å². The van der Waals surface area contributed by atoms with Crippen molar-refractivity contribution in [1.29, 1.82) is 0 Å². The monoisotopic (exact) mass is 324 g/mol. The summed E-state index contributed by atoms with van der Waals surface area (Å²) in [6.07, 6.45) is 2.28. The fourth-order valence-electron chi connectivity index (χ4n) is 1.90. The molecule has 0 aliphatic carbocycles. The van der Waals surface area contributed by atoms with Gasteiger partial charge in [-0.2, -0.15) is 0 Å². The number of nitrogens with one attached hydrogen (secondary N) is 1. The van der Waals surface area contributed by atoms with E-state index in [1.807, 2.05) is 6.07 Å². The molecule has 1 atom stereocenters. The van der Waals surface area contributed by atoms with Crippen molar-refractivity contribution in [3.63, 3.8) is 0 Å². The van der Waals surface area contributed by atoms with Crippen LogP contribution in [-0.2, 0) is 6.42 Å². The second-order valence-electron chi connectivity index (χ2n) is 4.18. The van der Waals surface area contributed by atoms with E-state index < -0.39 is 0 Å². The maximum Gasteiger partial charge on any atom is 0.124 e. The number of pyridine rings is 1. The molecule has 0 fully saturated rings. The summed E-state index contributed by atoms with van der Waals surface area (Å²) in [5.74, 6) is 5.76. The minimum Gasteiger partial charge on any atom is -0.384 e. The lowest BCUT2D eigenvalue weighted by molar-refractivity contribution is 0.547. The Hall–Kier alpha value is -1.50. The lowest BCUT2D eigenvalue weighted by Crippen LogP contribution is -2.30. The molecule has 4 nitrogen and oxygen atoms in total. The van der Waals surface area contributed by atoms with Crippen LogP contribution in [0, 0.1) is 5.82 Å². The van der Waals surface area contributed by atoms with Gasteiger partial charge in [0.2, 0.25) is 0 Å². The first-order valence-corrected chi connectivity index (χ1v) is 6.51. The topological polar surface area (TPSA) is 77.0 Å². The number of hydrazine groups is 1. The molecule has 0 aliphatic rings. The number of hydrogen-bond acceptors (Lipinski definition) is 4. The highest BCUT2D eigenvalue weighted by atomic mass is 79.9. The predicted octanol–water partition coefficient (Wildman–Crippen LogP) is 2.31. The minimum atomic E-state index is -0.292.